The highest BCUT2D eigenvalue weighted by Crippen LogP contribution is 2.33. The molecule has 2 rings (SSSR count). The summed E-state index contributed by atoms with van der Waals surface area (Å²) in [6.07, 6.45) is -4.47. The second kappa shape index (κ2) is 3.51. The first-order valence-electron chi connectivity index (χ1n) is 4.64. The highest BCUT2D eigenvalue weighted by atomic mass is 19.4. The van der Waals surface area contributed by atoms with E-state index in [9.17, 15) is 18.0 Å². The molecule has 0 radical (unpaired) electrons. The molecular weight excluding hydrogens is 237 g/mol. The van der Waals surface area contributed by atoms with E-state index in [2.05, 4.69) is 0 Å². The van der Waals surface area contributed by atoms with E-state index in [0.717, 1.165) is 18.2 Å². The van der Waals surface area contributed by atoms with Crippen LogP contribution in [0.4, 0.5) is 13.2 Å². The maximum Gasteiger partial charge on any atom is 0.416 e. The van der Waals surface area contributed by atoms with Crippen LogP contribution in [0.5, 0.6) is 0 Å². The lowest BCUT2D eigenvalue weighted by Gasteiger charge is -2.05. The van der Waals surface area contributed by atoms with Crippen LogP contribution in [0.25, 0.3) is 11.0 Å². The van der Waals surface area contributed by atoms with Gasteiger partial charge in [0.1, 0.15) is 16.9 Å². The number of carbonyl (C=O) groups is 1. The first-order valence-corrected chi connectivity index (χ1v) is 4.64. The molecule has 1 aromatic carbocycles. The summed E-state index contributed by atoms with van der Waals surface area (Å²) in [7, 11) is 0. The molecule has 17 heavy (non-hydrogen) atoms. The third-order valence-corrected chi connectivity index (χ3v) is 2.41. The number of furan rings is 1. The molecule has 0 bridgehead atoms. The monoisotopic (exact) mass is 244 g/mol. The topological polar surface area (TPSA) is 50.4 Å². The molecule has 0 saturated heterocycles. The fourth-order valence-electron chi connectivity index (χ4n) is 1.66. The van der Waals surface area contributed by atoms with Crippen molar-refractivity contribution in [3.8, 4) is 0 Å². The molecule has 0 spiro atoms. The van der Waals surface area contributed by atoms with Crippen molar-refractivity contribution in [2.45, 2.75) is 13.1 Å². The summed E-state index contributed by atoms with van der Waals surface area (Å²) in [4.78, 5) is 10.9. The lowest BCUT2D eigenvalue weighted by Crippen LogP contribution is -2.04. The van der Waals surface area contributed by atoms with Crippen LogP contribution in [0.3, 0.4) is 0 Å². The molecule has 90 valence electrons. The minimum absolute atomic E-state index is 0.0743. The van der Waals surface area contributed by atoms with E-state index in [1.165, 1.54) is 6.92 Å². The van der Waals surface area contributed by atoms with Gasteiger partial charge in [-0.15, -0.1) is 0 Å². The van der Waals surface area contributed by atoms with Crippen LogP contribution < -0.4 is 0 Å². The summed E-state index contributed by atoms with van der Waals surface area (Å²) in [5.74, 6) is -1.13. The summed E-state index contributed by atoms with van der Waals surface area (Å²) in [5.41, 5.74) is -1.04. The van der Waals surface area contributed by atoms with E-state index < -0.39 is 17.7 Å². The number of benzene rings is 1. The number of carboxylic acid groups (broad SMARTS) is 1. The van der Waals surface area contributed by atoms with Crippen LogP contribution in [0.15, 0.2) is 22.6 Å². The Labute approximate surface area is 93.5 Å². The van der Waals surface area contributed by atoms with Crippen LogP contribution in [-0.2, 0) is 6.18 Å². The molecule has 0 amide bonds. The molecule has 0 fully saturated rings. The lowest BCUT2D eigenvalue weighted by molar-refractivity contribution is -0.137. The van der Waals surface area contributed by atoms with Gasteiger partial charge in [-0.05, 0) is 25.1 Å². The average molecular weight is 244 g/mol. The van der Waals surface area contributed by atoms with Crippen molar-refractivity contribution in [3.63, 3.8) is 0 Å². The summed E-state index contributed by atoms with van der Waals surface area (Å²) in [6.45, 7) is 1.40. The fourth-order valence-corrected chi connectivity index (χ4v) is 1.66. The normalized spacial score (nSPS) is 12.0. The second-order valence-corrected chi connectivity index (χ2v) is 3.55. The number of halogens is 3. The van der Waals surface area contributed by atoms with Gasteiger partial charge < -0.3 is 9.52 Å². The van der Waals surface area contributed by atoms with Crippen molar-refractivity contribution in [3.05, 3.63) is 35.1 Å². The van der Waals surface area contributed by atoms with Crippen LogP contribution in [0.1, 0.15) is 21.7 Å². The Bertz CT molecular complexity index is 596. The molecule has 0 atom stereocenters. The van der Waals surface area contributed by atoms with Gasteiger partial charge in [0, 0.05) is 5.39 Å². The van der Waals surface area contributed by atoms with E-state index in [1.807, 2.05) is 0 Å². The smallest absolute Gasteiger partial charge is 0.416 e. The molecule has 0 aliphatic heterocycles. The summed E-state index contributed by atoms with van der Waals surface area (Å²) >= 11 is 0. The minimum atomic E-state index is -4.47. The van der Waals surface area contributed by atoms with Gasteiger partial charge in [0.05, 0.1) is 5.56 Å². The molecule has 1 heterocycles. The van der Waals surface area contributed by atoms with Gasteiger partial charge in [-0.3, -0.25) is 0 Å². The Hall–Kier alpha value is -1.98. The minimum Gasteiger partial charge on any atom is -0.478 e. The number of hydrogen-bond donors (Lipinski definition) is 1. The van der Waals surface area contributed by atoms with E-state index in [1.54, 1.807) is 0 Å². The Balaban J connectivity index is 2.70. The Morgan fingerprint density at radius 2 is 2.00 bits per heavy atom. The van der Waals surface area contributed by atoms with E-state index >= 15 is 0 Å². The van der Waals surface area contributed by atoms with Crippen LogP contribution in [0, 0.1) is 6.92 Å². The zero-order valence-electron chi connectivity index (χ0n) is 8.63. The molecule has 0 aliphatic carbocycles. The molecule has 3 nitrogen and oxygen atoms in total. The SMILES string of the molecule is Cc1oc2cc(C(F)(F)F)ccc2c1C(=O)O. The van der Waals surface area contributed by atoms with Crippen molar-refractivity contribution < 1.29 is 27.5 Å². The van der Waals surface area contributed by atoms with Crippen molar-refractivity contribution >= 4 is 16.9 Å². The standard InChI is InChI=1S/C11H7F3O3/c1-5-9(10(15)16)7-3-2-6(11(12,13)14)4-8(7)17-5/h2-4H,1H3,(H,15,16). The number of fused-ring (bicyclic) bond motifs is 1. The Morgan fingerprint density at radius 1 is 1.35 bits per heavy atom. The number of aryl methyl sites for hydroxylation is 1. The van der Waals surface area contributed by atoms with Crippen LogP contribution in [-0.4, -0.2) is 11.1 Å². The van der Waals surface area contributed by atoms with Crippen molar-refractivity contribution in [2.75, 3.05) is 0 Å². The summed E-state index contributed by atoms with van der Waals surface area (Å²) < 4.78 is 42.3. The molecule has 2 aromatic rings. The number of aromatic carboxylic acids is 1. The highest BCUT2D eigenvalue weighted by Gasteiger charge is 2.31. The van der Waals surface area contributed by atoms with Gasteiger partial charge >= 0.3 is 12.1 Å². The lowest BCUT2D eigenvalue weighted by atomic mass is 10.1. The fraction of sp³-hybridized carbons (Fsp3) is 0.182. The van der Waals surface area contributed by atoms with E-state index in [0.29, 0.717) is 0 Å². The molecule has 1 aromatic heterocycles. The number of carboxylic acids is 1. The maximum atomic E-state index is 12.4. The molecule has 0 saturated carbocycles. The van der Waals surface area contributed by atoms with Crippen molar-refractivity contribution in [2.24, 2.45) is 0 Å². The van der Waals surface area contributed by atoms with Gasteiger partial charge in [-0.1, -0.05) is 0 Å². The summed E-state index contributed by atoms with van der Waals surface area (Å²) in [6, 6.07) is 2.75. The van der Waals surface area contributed by atoms with Crippen LogP contribution in [0.2, 0.25) is 0 Å². The van der Waals surface area contributed by atoms with Crippen LogP contribution >= 0.6 is 0 Å². The van der Waals surface area contributed by atoms with Crippen molar-refractivity contribution in [1.29, 1.82) is 0 Å². The molecule has 0 unspecified atom stereocenters. The predicted octanol–water partition coefficient (Wildman–Crippen LogP) is 3.46. The molecule has 6 heteroatoms. The molecule has 0 aliphatic rings. The quantitative estimate of drug-likeness (QED) is 0.835. The Morgan fingerprint density at radius 3 is 2.53 bits per heavy atom. The number of hydrogen-bond acceptors (Lipinski definition) is 2. The predicted molar refractivity (Wildman–Crippen MR) is 52.9 cm³/mol. The zero-order chi connectivity index (χ0) is 12.8. The number of rotatable bonds is 1. The second-order valence-electron chi connectivity index (χ2n) is 3.55. The average Bonchev–Trinajstić information content (AvgIpc) is 2.50. The van der Waals surface area contributed by atoms with Gasteiger partial charge in [0.25, 0.3) is 0 Å². The third-order valence-electron chi connectivity index (χ3n) is 2.41. The maximum absolute atomic E-state index is 12.4. The Kier molecular flexibility index (Phi) is 2.38. The molecule has 1 N–H and O–H groups in total. The first-order chi connectivity index (χ1) is 7.80. The van der Waals surface area contributed by atoms with Crippen molar-refractivity contribution in [1.82, 2.24) is 0 Å². The number of alkyl halides is 3. The van der Waals surface area contributed by atoms with E-state index in [4.69, 9.17) is 9.52 Å². The van der Waals surface area contributed by atoms with Gasteiger partial charge in [-0.2, -0.15) is 13.2 Å². The molecular formula is C11H7F3O3. The van der Waals surface area contributed by atoms with Gasteiger partial charge in [0.2, 0.25) is 0 Å². The van der Waals surface area contributed by atoms with E-state index in [-0.39, 0.29) is 22.3 Å². The van der Waals surface area contributed by atoms with Gasteiger partial charge in [-0.25, -0.2) is 4.79 Å². The summed E-state index contributed by atoms with van der Waals surface area (Å²) in [5, 5.41) is 9.07. The van der Waals surface area contributed by atoms with Gasteiger partial charge in [0.15, 0.2) is 0 Å². The third kappa shape index (κ3) is 1.86. The highest BCUT2D eigenvalue weighted by molar-refractivity contribution is 6.03. The first kappa shape index (κ1) is 11.5. The zero-order valence-corrected chi connectivity index (χ0v) is 8.63. The largest absolute Gasteiger partial charge is 0.478 e.